The Bertz CT molecular complexity index is 631. The van der Waals surface area contributed by atoms with Gasteiger partial charge in [-0.2, -0.15) is 0 Å². The molecule has 0 aromatic rings. The predicted molar refractivity (Wildman–Crippen MR) is 108 cm³/mol. The van der Waals surface area contributed by atoms with Gasteiger partial charge in [-0.1, -0.05) is 26.0 Å². The number of nitrogens with zero attached hydrogens (tertiary/aromatic N) is 1. The van der Waals surface area contributed by atoms with Crippen molar-refractivity contribution in [3.05, 3.63) is 12.2 Å². The number of allylic oxidation sites excluding steroid dienone is 1. The minimum Gasteiger partial charge on any atom is -0.445 e. The lowest BCUT2D eigenvalue weighted by Gasteiger charge is -2.35. The standard InChI is InChI=1S/C21H35N3O4/c1-15(2)18(26)21-10-11-24(14-21)19(27)28-12-8-6-7-9-20(5,23-16(3)4)17(25)13-22-21/h6,8,15-16,22-23H,7,9-14H2,1-5H3. The Morgan fingerprint density at radius 2 is 1.93 bits per heavy atom. The van der Waals surface area contributed by atoms with Crippen molar-refractivity contribution in [3.63, 3.8) is 0 Å². The van der Waals surface area contributed by atoms with Crippen LogP contribution in [0.15, 0.2) is 12.2 Å². The largest absolute Gasteiger partial charge is 0.445 e. The van der Waals surface area contributed by atoms with Crippen molar-refractivity contribution in [1.29, 1.82) is 0 Å². The lowest BCUT2D eigenvalue weighted by atomic mass is 9.84. The molecule has 2 N–H and O–H groups in total. The summed E-state index contributed by atoms with van der Waals surface area (Å²) in [6.45, 7) is 10.6. The van der Waals surface area contributed by atoms with E-state index in [4.69, 9.17) is 4.74 Å². The predicted octanol–water partition coefficient (Wildman–Crippen LogP) is 2.06. The maximum atomic E-state index is 13.1. The summed E-state index contributed by atoms with van der Waals surface area (Å²) in [5.74, 6) is -0.134. The second-order valence-electron chi connectivity index (χ2n) is 8.77. The average Bonchev–Trinajstić information content (AvgIpc) is 3.06. The summed E-state index contributed by atoms with van der Waals surface area (Å²) in [5.41, 5.74) is -1.59. The number of ketones is 2. The maximum absolute atomic E-state index is 13.1. The maximum Gasteiger partial charge on any atom is 0.410 e. The van der Waals surface area contributed by atoms with E-state index in [-0.39, 0.29) is 43.2 Å². The fraction of sp³-hybridized carbons (Fsp3) is 0.762. The quantitative estimate of drug-likeness (QED) is 0.711. The molecule has 0 aliphatic carbocycles. The Balaban J connectivity index is 2.30. The van der Waals surface area contributed by atoms with Crippen LogP contribution < -0.4 is 10.6 Å². The van der Waals surface area contributed by atoms with E-state index in [1.165, 1.54) is 0 Å². The van der Waals surface area contributed by atoms with E-state index in [0.29, 0.717) is 25.8 Å². The summed E-state index contributed by atoms with van der Waals surface area (Å²) in [6.07, 6.45) is 5.14. The highest BCUT2D eigenvalue weighted by molar-refractivity contribution is 5.94. The third-order valence-corrected chi connectivity index (χ3v) is 5.61. The zero-order chi connectivity index (χ0) is 20.9. The van der Waals surface area contributed by atoms with Crippen molar-refractivity contribution in [1.82, 2.24) is 15.5 Å². The molecule has 2 aliphatic heterocycles. The van der Waals surface area contributed by atoms with Gasteiger partial charge in [0.1, 0.15) is 6.61 Å². The van der Waals surface area contributed by atoms with Crippen LogP contribution in [0.5, 0.6) is 0 Å². The van der Waals surface area contributed by atoms with Crippen LogP contribution in [-0.4, -0.2) is 65.9 Å². The van der Waals surface area contributed by atoms with E-state index in [9.17, 15) is 14.4 Å². The Morgan fingerprint density at radius 1 is 1.21 bits per heavy atom. The number of carbonyl (C=O) groups is 3. The van der Waals surface area contributed by atoms with Gasteiger partial charge >= 0.3 is 6.09 Å². The molecule has 1 fully saturated rings. The van der Waals surface area contributed by atoms with E-state index < -0.39 is 17.2 Å². The van der Waals surface area contributed by atoms with E-state index in [1.807, 2.05) is 46.8 Å². The third-order valence-electron chi connectivity index (χ3n) is 5.61. The molecule has 0 spiro atoms. The van der Waals surface area contributed by atoms with Gasteiger partial charge < -0.3 is 15.0 Å². The molecule has 0 aromatic heterocycles. The van der Waals surface area contributed by atoms with Crippen LogP contribution in [0.3, 0.4) is 0 Å². The van der Waals surface area contributed by atoms with E-state index >= 15 is 0 Å². The third kappa shape index (κ3) is 5.20. The number of nitrogens with one attached hydrogen (secondary N) is 2. The number of carbonyl (C=O) groups excluding carboxylic acids is 3. The summed E-state index contributed by atoms with van der Waals surface area (Å²) in [5, 5.41) is 6.65. The van der Waals surface area contributed by atoms with E-state index in [2.05, 4.69) is 10.6 Å². The van der Waals surface area contributed by atoms with E-state index in [1.54, 1.807) is 4.90 Å². The van der Waals surface area contributed by atoms with Gasteiger partial charge in [0.05, 0.1) is 17.6 Å². The molecule has 7 nitrogen and oxygen atoms in total. The highest BCUT2D eigenvalue weighted by Gasteiger charge is 2.47. The van der Waals surface area contributed by atoms with Crippen molar-refractivity contribution in [2.75, 3.05) is 26.2 Å². The van der Waals surface area contributed by atoms with Gasteiger partial charge in [-0.25, -0.2) is 4.79 Å². The fourth-order valence-corrected chi connectivity index (χ4v) is 4.09. The number of cyclic esters (lactones) is 1. The van der Waals surface area contributed by atoms with Gasteiger partial charge in [0.25, 0.3) is 0 Å². The molecule has 2 bridgehead atoms. The second-order valence-corrected chi connectivity index (χ2v) is 8.77. The molecule has 7 heteroatoms. The Hall–Kier alpha value is -1.73. The monoisotopic (exact) mass is 393 g/mol. The molecule has 0 saturated carbocycles. The lowest BCUT2D eigenvalue weighted by Crippen LogP contribution is -2.61. The van der Waals surface area contributed by atoms with Crippen LogP contribution in [0.1, 0.15) is 53.9 Å². The first-order valence-electron chi connectivity index (χ1n) is 10.3. The summed E-state index contributed by atoms with van der Waals surface area (Å²) < 4.78 is 5.32. The first-order chi connectivity index (χ1) is 13.1. The van der Waals surface area contributed by atoms with Crippen LogP contribution in [0.2, 0.25) is 0 Å². The van der Waals surface area contributed by atoms with Crippen molar-refractivity contribution in [3.8, 4) is 0 Å². The lowest BCUT2D eigenvalue weighted by molar-refractivity contribution is -0.129. The summed E-state index contributed by atoms with van der Waals surface area (Å²) in [6, 6.07) is 0.158. The van der Waals surface area contributed by atoms with Crippen LogP contribution in [0.4, 0.5) is 4.79 Å². The zero-order valence-corrected chi connectivity index (χ0v) is 17.8. The van der Waals surface area contributed by atoms with Crippen molar-refractivity contribution < 1.29 is 19.1 Å². The Kier molecular flexibility index (Phi) is 7.39. The molecule has 1 saturated heterocycles. The zero-order valence-electron chi connectivity index (χ0n) is 17.8. The second kappa shape index (κ2) is 9.18. The number of fused-ring (bicyclic) bond motifs is 2. The topological polar surface area (TPSA) is 87.7 Å². The molecule has 1 amide bonds. The summed E-state index contributed by atoms with van der Waals surface area (Å²) >= 11 is 0. The minimum atomic E-state index is -0.901. The van der Waals surface area contributed by atoms with Gasteiger partial charge in [0.15, 0.2) is 11.6 Å². The number of amides is 1. The Morgan fingerprint density at radius 3 is 2.57 bits per heavy atom. The van der Waals surface area contributed by atoms with Gasteiger partial charge in [0.2, 0.25) is 0 Å². The van der Waals surface area contributed by atoms with Crippen LogP contribution >= 0.6 is 0 Å². The highest BCUT2D eigenvalue weighted by Crippen LogP contribution is 2.27. The van der Waals surface area contributed by atoms with Crippen molar-refractivity contribution >= 4 is 17.7 Å². The van der Waals surface area contributed by atoms with Gasteiger partial charge in [0, 0.05) is 25.0 Å². The Labute approximate surface area is 168 Å². The molecule has 2 unspecified atom stereocenters. The number of rotatable bonds is 4. The van der Waals surface area contributed by atoms with Crippen LogP contribution in [0, 0.1) is 5.92 Å². The highest BCUT2D eigenvalue weighted by atomic mass is 16.6. The first kappa shape index (κ1) is 22.6. The molecule has 0 aromatic carbocycles. The van der Waals surface area contributed by atoms with Gasteiger partial charge in [-0.05, 0) is 40.0 Å². The van der Waals surface area contributed by atoms with Crippen LogP contribution in [0.25, 0.3) is 0 Å². The number of hydrogen-bond acceptors (Lipinski definition) is 6. The summed E-state index contributed by atoms with van der Waals surface area (Å²) in [4.78, 5) is 40.0. The number of hydrogen-bond donors (Lipinski definition) is 2. The average molecular weight is 394 g/mol. The minimum absolute atomic E-state index is 0.0288. The van der Waals surface area contributed by atoms with Crippen molar-refractivity contribution in [2.45, 2.75) is 71.0 Å². The number of ether oxygens (including phenoxy) is 1. The number of Topliss-reactive ketones (excluding diaryl/α,β-unsaturated/α-hetero) is 2. The molecule has 2 aliphatic rings. The fourth-order valence-electron chi connectivity index (χ4n) is 4.09. The van der Waals surface area contributed by atoms with E-state index in [0.717, 1.165) is 0 Å². The molecule has 2 heterocycles. The molecular formula is C21H35N3O4. The SMILES string of the molecule is CC(C)NC1(C)CCC=CCOC(=O)N2CCC(C(=O)C(C)C)(C2)NCC1=O. The molecule has 28 heavy (non-hydrogen) atoms. The molecule has 0 radical (unpaired) electrons. The van der Waals surface area contributed by atoms with Crippen LogP contribution in [-0.2, 0) is 14.3 Å². The molecule has 158 valence electrons. The molecule has 2 atom stereocenters. The molecular weight excluding hydrogens is 358 g/mol. The molecule has 2 rings (SSSR count). The van der Waals surface area contributed by atoms with Gasteiger partial charge in [-0.15, -0.1) is 0 Å². The summed E-state index contributed by atoms with van der Waals surface area (Å²) in [7, 11) is 0. The first-order valence-corrected chi connectivity index (χ1v) is 10.3. The smallest absolute Gasteiger partial charge is 0.410 e. The van der Waals surface area contributed by atoms with Gasteiger partial charge in [-0.3, -0.25) is 14.9 Å². The van der Waals surface area contributed by atoms with Crippen molar-refractivity contribution in [2.24, 2.45) is 5.92 Å². The normalized spacial score (nSPS) is 29.9.